The van der Waals surface area contributed by atoms with Crippen molar-refractivity contribution < 1.29 is 19.4 Å². The quantitative estimate of drug-likeness (QED) is 0.850. The number of hydrogen-bond donors (Lipinski definition) is 1. The van der Waals surface area contributed by atoms with E-state index < -0.39 is 17.7 Å². The van der Waals surface area contributed by atoms with Gasteiger partial charge < -0.3 is 9.84 Å². The SMILES string of the molecule is CC(C)(C)OC(=O)N1Cc2cccnc2-c2cc(C(=O)O)sc2C1. The highest BCUT2D eigenvalue weighted by molar-refractivity contribution is 7.14. The highest BCUT2D eigenvalue weighted by Gasteiger charge is 2.29. The second kappa shape index (κ2) is 5.90. The van der Waals surface area contributed by atoms with Gasteiger partial charge in [0, 0.05) is 16.6 Å². The number of carbonyl (C=O) groups is 2. The van der Waals surface area contributed by atoms with E-state index in [1.807, 2.05) is 32.9 Å². The van der Waals surface area contributed by atoms with E-state index in [-0.39, 0.29) is 4.88 Å². The van der Waals surface area contributed by atoms with E-state index in [0.717, 1.165) is 21.7 Å². The molecule has 3 rings (SSSR count). The molecule has 0 radical (unpaired) electrons. The molecule has 6 nitrogen and oxygen atoms in total. The Kier molecular flexibility index (Phi) is 4.04. The van der Waals surface area contributed by atoms with Crippen molar-refractivity contribution in [1.82, 2.24) is 9.88 Å². The fourth-order valence-electron chi connectivity index (χ4n) is 2.55. The molecule has 3 heterocycles. The smallest absolute Gasteiger partial charge is 0.410 e. The molecule has 1 amide bonds. The summed E-state index contributed by atoms with van der Waals surface area (Å²) in [6, 6.07) is 5.33. The summed E-state index contributed by atoms with van der Waals surface area (Å²) in [5, 5.41) is 9.27. The lowest BCUT2D eigenvalue weighted by molar-refractivity contribution is 0.0220. The van der Waals surface area contributed by atoms with E-state index in [1.54, 1.807) is 17.2 Å². The molecule has 1 aliphatic rings. The number of hydrogen-bond acceptors (Lipinski definition) is 5. The Morgan fingerprint density at radius 1 is 1.33 bits per heavy atom. The summed E-state index contributed by atoms with van der Waals surface area (Å²) in [7, 11) is 0. The molecule has 0 unspecified atom stereocenters. The number of carbonyl (C=O) groups excluding carboxylic acids is 1. The molecule has 0 aliphatic carbocycles. The molecule has 0 saturated heterocycles. The minimum absolute atomic E-state index is 0.239. The van der Waals surface area contributed by atoms with Gasteiger partial charge in [0.2, 0.25) is 0 Å². The van der Waals surface area contributed by atoms with Gasteiger partial charge in [0.15, 0.2) is 0 Å². The average molecular weight is 346 g/mol. The van der Waals surface area contributed by atoms with E-state index in [2.05, 4.69) is 4.98 Å². The molecule has 1 N–H and O–H groups in total. The summed E-state index contributed by atoms with van der Waals surface area (Å²) in [6.45, 7) is 6.13. The van der Waals surface area contributed by atoms with Crippen molar-refractivity contribution in [3.63, 3.8) is 0 Å². The zero-order valence-electron chi connectivity index (χ0n) is 13.7. The van der Waals surface area contributed by atoms with Crippen molar-refractivity contribution in [3.8, 4) is 11.3 Å². The van der Waals surface area contributed by atoms with Crippen LogP contribution in [-0.2, 0) is 17.8 Å². The maximum Gasteiger partial charge on any atom is 0.410 e. The van der Waals surface area contributed by atoms with Gasteiger partial charge in [-0.15, -0.1) is 11.3 Å². The molecular weight excluding hydrogens is 328 g/mol. The standard InChI is InChI=1S/C17H18N2O4S/c1-17(2,3)23-16(22)19-8-10-5-4-6-18-14(10)11-7-12(15(20)21)24-13(11)9-19/h4-7H,8-9H2,1-3H3,(H,20,21). The minimum atomic E-state index is -0.977. The second-order valence-corrected chi connectivity index (χ2v) is 7.74. The molecule has 2 aromatic rings. The van der Waals surface area contributed by atoms with E-state index in [1.165, 1.54) is 11.3 Å². The van der Waals surface area contributed by atoms with Gasteiger partial charge in [-0.25, -0.2) is 9.59 Å². The van der Waals surface area contributed by atoms with Gasteiger partial charge in [-0.05, 0) is 38.5 Å². The normalized spacial score (nSPS) is 13.7. The maximum absolute atomic E-state index is 12.5. The number of aromatic carboxylic acids is 1. The Bertz CT molecular complexity index is 807. The van der Waals surface area contributed by atoms with Gasteiger partial charge in [-0.1, -0.05) is 6.07 Å². The first-order valence-corrected chi connectivity index (χ1v) is 8.34. The summed E-state index contributed by atoms with van der Waals surface area (Å²) in [4.78, 5) is 30.8. The minimum Gasteiger partial charge on any atom is -0.477 e. The van der Waals surface area contributed by atoms with Crippen LogP contribution in [0.25, 0.3) is 11.3 Å². The summed E-state index contributed by atoms with van der Waals surface area (Å²) in [5.41, 5.74) is 1.78. The summed E-state index contributed by atoms with van der Waals surface area (Å²) in [5.74, 6) is -0.977. The van der Waals surface area contributed by atoms with Gasteiger partial charge in [0.25, 0.3) is 0 Å². The number of rotatable bonds is 1. The summed E-state index contributed by atoms with van der Waals surface area (Å²) >= 11 is 1.17. The highest BCUT2D eigenvalue weighted by atomic mass is 32.1. The van der Waals surface area contributed by atoms with Gasteiger partial charge in [-0.3, -0.25) is 9.88 Å². The number of fused-ring (bicyclic) bond motifs is 3. The molecule has 0 saturated carbocycles. The number of nitrogens with zero attached hydrogens (tertiary/aromatic N) is 2. The number of aromatic nitrogens is 1. The molecular formula is C17H18N2O4S. The highest BCUT2D eigenvalue weighted by Crippen LogP contribution is 2.37. The van der Waals surface area contributed by atoms with Crippen LogP contribution in [0.2, 0.25) is 0 Å². The van der Waals surface area contributed by atoms with Crippen molar-refractivity contribution in [1.29, 1.82) is 0 Å². The fourth-order valence-corrected chi connectivity index (χ4v) is 3.57. The van der Waals surface area contributed by atoms with Crippen LogP contribution >= 0.6 is 11.3 Å². The third-order valence-corrected chi connectivity index (χ3v) is 4.62. The summed E-state index contributed by atoms with van der Waals surface area (Å²) < 4.78 is 5.47. The van der Waals surface area contributed by atoms with E-state index in [0.29, 0.717) is 13.1 Å². The van der Waals surface area contributed by atoms with Crippen molar-refractivity contribution >= 4 is 23.4 Å². The van der Waals surface area contributed by atoms with Gasteiger partial charge >= 0.3 is 12.1 Å². The molecule has 0 aromatic carbocycles. The van der Waals surface area contributed by atoms with E-state index in [4.69, 9.17) is 4.74 Å². The second-order valence-electron chi connectivity index (χ2n) is 6.60. The molecule has 2 aromatic heterocycles. The Hall–Kier alpha value is -2.41. The van der Waals surface area contributed by atoms with Crippen LogP contribution in [0.3, 0.4) is 0 Å². The number of amides is 1. The first kappa shape index (κ1) is 16.4. The van der Waals surface area contributed by atoms with Gasteiger partial charge in [0.05, 0.1) is 18.8 Å². The molecule has 7 heteroatoms. The predicted molar refractivity (Wildman–Crippen MR) is 90.0 cm³/mol. The summed E-state index contributed by atoms with van der Waals surface area (Å²) in [6.07, 6.45) is 1.25. The first-order valence-electron chi connectivity index (χ1n) is 7.53. The first-order chi connectivity index (χ1) is 11.2. The number of carboxylic acids is 1. The average Bonchev–Trinajstić information content (AvgIpc) is 2.83. The largest absolute Gasteiger partial charge is 0.477 e. The zero-order valence-corrected chi connectivity index (χ0v) is 14.5. The van der Waals surface area contributed by atoms with E-state index >= 15 is 0 Å². The Morgan fingerprint density at radius 3 is 2.75 bits per heavy atom. The topological polar surface area (TPSA) is 79.7 Å². The third kappa shape index (κ3) is 3.26. The van der Waals surface area contributed by atoms with Crippen molar-refractivity contribution in [2.24, 2.45) is 0 Å². The van der Waals surface area contributed by atoms with Crippen LogP contribution in [0.1, 0.15) is 40.9 Å². The number of ether oxygens (including phenoxy) is 1. The molecule has 0 atom stereocenters. The Labute approximate surface area is 143 Å². The van der Waals surface area contributed by atoms with Gasteiger partial charge in [-0.2, -0.15) is 0 Å². The maximum atomic E-state index is 12.5. The van der Waals surface area contributed by atoms with Crippen LogP contribution in [0.15, 0.2) is 24.4 Å². The molecule has 24 heavy (non-hydrogen) atoms. The zero-order chi connectivity index (χ0) is 17.5. The lowest BCUT2D eigenvalue weighted by Crippen LogP contribution is -2.35. The van der Waals surface area contributed by atoms with Crippen LogP contribution in [0.5, 0.6) is 0 Å². The lowest BCUT2D eigenvalue weighted by Gasteiger charge is -2.26. The van der Waals surface area contributed by atoms with Crippen LogP contribution in [0, 0.1) is 0 Å². The van der Waals surface area contributed by atoms with Crippen molar-refractivity contribution in [2.45, 2.75) is 39.5 Å². The predicted octanol–water partition coefficient (Wildman–Crippen LogP) is 3.76. The van der Waals surface area contributed by atoms with E-state index in [9.17, 15) is 14.7 Å². The monoisotopic (exact) mass is 346 g/mol. The molecule has 0 bridgehead atoms. The number of pyridine rings is 1. The van der Waals surface area contributed by atoms with Gasteiger partial charge in [0.1, 0.15) is 10.5 Å². The fraction of sp³-hybridized carbons (Fsp3) is 0.353. The van der Waals surface area contributed by atoms with Crippen LogP contribution in [0.4, 0.5) is 4.79 Å². The van der Waals surface area contributed by atoms with Crippen LogP contribution < -0.4 is 0 Å². The Balaban J connectivity index is 2.04. The Morgan fingerprint density at radius 2 is 2.08 bits per heavy atom. The molecule has 0 fully saturated rings. The molecule has 0 spiro atoms. The number of carboxylic acid groups (broad SMARTS) is 1. The molecule has 126 valence electrons. The number of thiophene rings is 1. The lowest BCUT2D eigenvalue weighted by atomic mass is 10.1. The van der Waals surface area contributed by atoms with Crippen molar-refractivity contribution in [2.75, 3.05) is 0 Å². The molecule has 1 aliphatic heterocycles. The van der Waals surface area contributed by atoms with Crippen molar-refractivity contribution in [3.05, 3.63) is 39.7 Å². The van der Waals surface area contributed by atoms with Crippen LogP contribution in [-0.4, -0.2) is 32.7 Å². The third-order valence-electron chi connectivity index (χ3n) is 3.51.